The van der Waals surface area contributed by atoms with Gasteiger partial charge in [-0.3, -0.25) is 4.99 Å². The van der Waals surface area contributed by atoms with Crippen LogP contribution < -0.4 is 25.3 Å². The lowest BCUT2D eigenvalue weighted by molar-refractivity contribution is 0.306. The lowest BCUT2D eigenvalue weighted by Crippen LogP contribution is -2.23. The number of nitrogens with two attached hydrogens (primary N) is 1. The highest BCUT2D eigenvalue weighted by atomic mass is 127. The summed E-state index contributed by atoms with van der Waals surface area (Å²) in [5.41, 5.74) is 9.10. The second kappa shape index (κ2) is 12.7. The van der Waals surface area contributed by atoms with E-state index in [1.54, 1.807) is 14.2 Å². The molecule has 0 bridgehead atoms. The second-order valence-corrected chi connectivity index (χ2v) is 6.63. The molecule has 6 nitrogen and oxygen atoms in total. The molecule has 3 N–H and O–H groups in total. The maximum atomic E-state index is 6.00. The lowest BCUT2D eigenvalue weighted by atomic mass is 10.1. The van der Waals surface area contributed by atoms with Crippen LogP contribution >= 0.6 is 24.0 Å². The molecule has 0 aliphatic carbocycles. The summed E-state index contributed by atoms with van der Waals surface area (Å²) in [6, 6.07) is 23.7. The van der Waals surface area contributed by atoms with Gasteiger partial charge in [-0.25, -0.2) is 0 Å². The van der Waals surface area contributed by atoms with Crippen LogP contribution in [-0.4, -0.2) is 26.7 Å². The number of methoxy groups -OCH3 is 2. The molecular formula is C24H28IN3O3. The molecule has 0 heterocycles. The highest BCUT2D eigenvalue weighted by molar-refractivity contribution is 14.0. The van der Waals surface area contributed by atoms with E-state index >= 15 is 0 Å². The third-order valence-corrected chi connectivity index (χ3v) is 4.51. The summed E-state index contributed by atoms with van der Waals surface area (Å²) in [7, 11) is 3.19. The van der Waals surface area contributed by atoms with Crippen LogP contribution in [0.1, 0.15) is 11.1 Å². The molecule has 0 fully saturated rings. The SMILES string of the molecule is COc1ccc(NC(N)=NCCc2ccc(OCc3ccccc3)cc2)cc1OC.I. The van der Waals surface area contributed by atoms with E-state index in [0.717, 1.165) is 23.4 Å². The number of ether oxygens (including phenoxy) is 3. The summed E-state index contributed by atoms with van der Waals surface area (Å²) in [5.74, 6) is 2.49. The van der Waals surface area contributed by atoms with Crippen molar-refractivity contribution in [3.63, 3.8) is 0 Å². The molecule has 0 saturated heterocycles. The Morgan fingerprint density at radius 2 is 1.58 bits per heavy atom. The van der Waals surface area contributed by atoms with Gasteiger partial charge in [-0.1, -0.05) is 42.5 Å². The van der Waals surface area contributed by atoms with E-state index in [0.29, 0.717) is 30.6 Å². The minimum absolute atomic E-state index is 0. The summed E-state index contributed by atoms with van der Waals surface area (Å²) in [5, 5.41) is 3.07. The van der Waals surface area contributed by atoms with Gasteiger partial charge in [0.1, 0.15) is 12.4 Å². The van der Waals surface area contributed by atoms with Crippen molar-refractivity contribution in [2.75, 3.05) is 26.1 Å². The van der Waals surface area contributed by atoms with Gasteiger partial charge in [0.05, 0.1) is 14.2 Å². The van der Waals surface area contributed by atoms with Gasteiger partial charge in [0.25, 0.3) is 0 Å². The number of hydrogen-bond donors (Lipinski definition) is 2. The topological polar surface area (TPSA) is 78.1 Å². The Hall–Kier alpha value is -2.94. The zero-order valence-electron chi connectivity index (χ0n) is 17.7. The molecule has 0 aliphatic rings. The lowest BCUT2D eigenvalue weighted by Gasteiger charge is -2.11. The third-order valence-electron chi connectivity index (χ3n) is 4.51. The molecule has 0 spiro atoms. The largest absolute Gasteiger partial charge is 0.493 e. The van der Waals surface area contributed by atoms with Crippen molar-refractivity contribution < 1.29 is 14.2 Å². The number of nitrogens with zero attached hydrogens (tertiary/aromatic N) is 1. The fourth-order valence-electron chi connectivity index (χ4n) is 2.90. The van der Waals surface area contributed by atoms with Crippen LogP contribution in [0.5, 0.6) is 17.2 Å². The Morgan fingerprint density at radius 1 is 0.871 bits per heavy atom. The normalized spacial score (nSPS) is 10.7. The number of guanidine groups is 1. The van der Waals surface area contributed by atoms with Gasteiger partial charge in [-0.15, -0.1) is 24.0 Å². The highest BCUT2D eigenvalue weighted by Crippen LogP contribution is 2.29. The molecule has 0 saturated carbocycles. The smallest absolute Gasteiger partial charge is 0.193 e. The summed E-state index contributed by atoms with van der Waals surface area (Å²) in [6.45, 7) is 1.14. The van der Waals surface area contributed by atoms with E-state index < -0.39 is 0 Å². The summed E-state index contributed by atoms with van der Waals surface area (Å²) in [6.07, 6.45) is 0.785. The average Bonchev–Trinajstić information content (AvgIpc) is 2.79. The molecule has 0 aromatic heterocycles. The maximum absolute atomic E-state index is 6.00. The van der Waals surface area contributed by atoms with Gasteiger partial charge in [0.2, 0.25) is 0 Å². The molecule has 0 aliphatic heterocycles. The van der Waals surface area contributed by atoms with Gasteiger partial charge < -0.3 is 25.3 Å². The van der Waals surface area contributed by atoms with E-state index in [2.05, 4.69) is 10.3 Å². The molecule has 31 heavy (non-hydrogen) atoms. The number of nitrogens with one attached hydrogen (secondary N) is 1. The molecule has 7 heteroatoms. The van der Waals surface area contributed by atoms with Crippen LogP contribution in [0.25, 0.3) is 0 Å². The van der Waals surface area contributed by atoms with Crippen molar-refractivity contribution in [3.05, 3.63) is 83.9 Å². The molecule has 3 aromatic carbocycles. The van der Waals surface area contributed by atoms with E-state index in [9.17, 15) is 0 Å². The van der Waals surface area contributed by atoms with Gasteiger partial charge in [-0.05, 0) is 41.8 Å². The quantitative estimate of drug-likeness (QED) is 0.233. The minimum atomic E-state index is 0. The van der Waals surface area contributed by atoms with Crippen molar-refractivity contribution in [1.29, 1.82) is 0 Å². The predicted molar refractivity (Wildman–Crippen MR) is 136 cm³/mol. The first-order valence-electron chi connectivity index (χ1n) is 9.72. The van der Waals surface area contributed by atoms with Gasteiger partial charge in [-0.2, -0.15) is 0 Å². The van der Waals surface area contributed by atoms with Gasteiger partial charge in [0.15, 0.2) is 17.5 Å². The highest BCUT2D eigenvalue weighted by Gasteiger charge is 2.05. The van der Waals surface area contributed by atoms with Crippen molar-refractivity contribution in [2.45, 2.75) is 13.0 Å². The van der Waals surface area contributed by atoms with E-state index in [4.69, 9.17) is 19.9 Å². The monoisotopic (exact) mass is 533 g/mol. The van der Waals surface area contributed by atoms with Gasteiger partial charge >= 0.3 is 0 Å². The Balaban J connectivity index is 0.00000341. The first-order valence-corrected chi connectivity index (χ1v) is 9.72. The fraction of sp³-hybridized carbons (Fsp3) is 0.208. The number of aliphatic imine (C=N–C) groups is 1. The van der Waals surface area contributed by atoms with Crippen molar-refractivity contribution in [3.8, 4) is 17.2 Å². The van der Waals surface area contributed by atoms with Crippen LogP contribution in [0.3, 0.4) is 0 Å². The Labute approximate surface area is 200 Å². The zero-order chi connectivity index (χ0) is 21.2. The Bertz CT molecular complexity index is 964. The molecule has 0 atom stereocenters. The van der Waals surface area contributed by atoms with E-state index in [1.807, 2.05) is 72.8 Å². The maximum Gasteiger partial charge on any atom is 0.193 e. The van der Waals surface area contributed by atoms with Gasteiger partial charge in [0, 0.05) is 18.3 Å². The van der Waals surface area contributed by atoms with Crippen LogP contribution in [-0.2, 0) is 13.0 Å². The standard InChI is InChI=1S/C24H27N3O3.HI/c1-28-22-13-10-20(16-23(22)29-2)27-24(25)26-15-14-18-8-11-21(12-9-18)30-17-19-6-4-3-5-7-19;/h3-13,16H,14-15,17H2,1-2H3,(H3,25,26,27);1H. The van der Waals surface area contributed by atoms with E-state index in [-0.39, 0.29) is 24.0 Å². The number of rotatable bonds is 9. The van der Waals surface area contributed by atoms with Crippen LogP contribution in [0.15, 0.2) is 77.8 Å². The number of hydrogen-bond acceptors (Lipinski definition) is 4. The molecule has 164 valence electrons. The predicted octanol–water partition coefficient (Wildman–Crippen LogP) is 4.87. The van der Waals surface area contributed by atoms with E-state index in [1.165, 1.54) is 5.56 Å². The molecular weight excluding hydrogens is 505 g/mol. The fourth-order valence-corrected chi connectivity index (χ4v) is 2.90. The van der Waals surface area contributed by atoms with Crippen molar-refractivity contribution in [2.24, 2.45) is 10.7 Å². The summed E-state index contributed by atoms with van der Waals surface area (Å²) >= 11 is 0. The zero-order valence-corrected chi connectivity index (χ0v) is 20.0. The van der Waals surface area contributed by atoms with Crippen molar-refractivity contribution in [1.82, 2.24) is 0 Å². The Morgan fingerprint density at radius 3 is 2.26 bits per heavy atom. The average molecular weight is 533 g/mol. The molecule has 3 aromatic rings. The first-order chi connectivity index (χ1) is 14.7. The molecule has 0 radical (unpaired) electrons. The van der Waals surface area contributed by atoms with Crippen LogP contribution in [0, 0.1) is 0 Å². The number of benzene rings is 3. The second-order valence-electron chi connectivity index (χ2n) is 6.63. The molecule has 0 amide bonds. The third kappa shape index (κ3) is 7.67. The minimum Gasteiger partial charge on any atom is -0.493 e. The first kappa shape index (κ1) is 24.3. The summed E-state index contributed by atoms with van der Waals surface area (Å²) in [4.78, 5) is 4.39. The van der Waals surface area contributed by atoms with Crippen LogP contribution in [0.2, 0.25) is 0 Å². The molecule has 0 unspecified atom stereocenters. The molecule has 3 rings (SSSR count). The Kier molecular flexibility index (Phi) is 9.96. The summed E-state index contributed by atoms with van der Waals surface area (Å²) < 4.78 is 16.3. The number of anilines is 1. The van der Waals surface area contributed by atoms with Crippen LogP contribution in [0.4, 0.5) is 5.69 Å². The number of halogens is 1. The van der Waals surface area contributed by atoms with Crippen molar-refractivity contribution >= 4 is 35.6 Å².